The maximum absolute atomic E-state index is 13.3. The summed E-state index contributed by atoms with van der Waals surface area (Å²) in [6, 6.07) is 5.90. The zero-order valence-electron chi connectivity index (χ0n) is 13.3. The molecule has 1 saturated heterocycles. The third-order valence-corrected chi connectivity index (χ3v) is 3.76. The maximum Gasteiger partial charge on any atom is 0.239 e. The molecule has 1 aliphatic rings. The number of anilines is 1. The van der Waals surface area contributed by atoms with Crippen LogP contribution in [0, 0.1) is 5.82 Å². The van der Waals surface area contributed by atoms with E-state index in [1.807, 2.05) is 4.90 Å². The Morgan fingerprint density at radius 3 is 2.96 bits per heavy atom. The maximum atomic E-state index is 13.3. The summed E-state index contributed by atoms with van der Waals surface area (Å²) in [5.41, 5.74) is 1.21. The largest absolute Gasteiger partial charge is 0.496 e. The average molecular weight is 334 g/mol. The second-order valence-corrected chi connectivity index (χ2v) is 5.45. The molecule has 2 N–H and O–H groups in total. The fourth-order valence-corrected chi connectivity index (χ4v) is 2.55. The number of H-pyrrole nitrogens is 1. The van der Waals surface area contributed by atoms with Crippen molar-refractivity contribution in [3.8, 4) is 17.0 Å². The number of amides is 1. The van der Waals surface area contributed by atoms with Crippen LogP contribution in [-0.4, -0.2) is 61.0 Å². The van der Waals surface area contributed by atoms with E-state index in [-0.39, 0.29) is 11.7 Å². The van der Waals surface area contributed by atoms with Gasteiger partial charge in [-0.3, -0.25) is 14.8 Å². The highest BCUT2D eigenvalue weighted by Gasteiger charge is 2.16. The first kappa shape index (κ1) is 16.4. The molecule has 0 unspecified atom stereocenters. The number of methoxy groups -OCH3 is 1. The van der Waals surface area contributed by atoms with E-state index in [1.54, 1.807) is 12.1 Å². The number of hydrogen-bond acceptors (Lipinski definition) is 5. The molecule has 0 spiro atoms. The number of carbonyl (C=O) groups is 1. The van der Waals surface area contributed by atoms with E-state index in [9.17, 15) is 9.18 Å². The lowest BCUT2D eigenvalue weighted by atomic mass is 10.1. The molecule has 1 amide bonds. The van der Waals surface area contributed by atoms with Gasteiger partial charge in [0.25, 0.3) is 0 Å². The summed E-state index contributed by atoms with van der Waals surface area (Å²) in [7, 11) is 1.47. The third-order valence-electron chi connectivity index (χ3n) is 3.76. The summed E-state index contributed by atoms with van der Waals surface area (Å²) >= 11 is 0. The molecule has 1 aromatic carbocycles. The normalized spacial score (nSPS) is 15.2. The molecule has 0 saturated carbocycles. The molecule has 2 aromatic rings. The number of carbonyl (C=O) groups excluding carboxylic acids is 1. The van der Waals surface area contributed by atoms with Crippen LogP contribution in [0.5, 0.6) is 5.75 Å². The minimum atomic E-state index is -0.384. The minimum absolute atomic E-state index is 0.127. The fraction of sp³-hybridized carbons (Fsp3) is 0.375. The molecule has 0 atom stereocenters. The number of hydrogen-bond donors (Lipinski definition) is 2. The van der Waals surface area contributed by atoms with E-state index in [0.717, 1.165) is 13.1 Å². The van der Waals surface area contributed by atoms with Crippen LogP contribution in [0.1, 0.15) is 0 Å². The van der Waals surface area contributed by atoms with Gasteiger partial charge in [-0.25, -0.2) is 4.39 Å². The van der Waals surface area contributed by atoms with Gasteiger partial charge < -0.3 is 14.8 Å². The average Bonchev–Trinajstić information content (AvgIpc) is 3.03. The Morgan fingerprint density at radius 1 is 1.42 bits per heavy atom. The molecule has 8 heteroatoms. The van der Waals surface area contributed by atoms with E-state index in [0.29, 0.717) is 42.6 Å². The predicted octanol–water partition coefficient (Wildman–Crippen LogP) is 1.50. The monoisotopic (exact) mass is 334 g/mol. The number of nitrogens with one attached hydrogen (secondary N) is 2. The van der Waals surface area contributed by atoms with Crippen LogP contribution in [0.25, 0.3) is 11.3 Å². The number of morpholine rings is 1. The first-order valence-corrected chi connectivity index (χ1v) is 7.65. The zero-order chi connectivity index (χ0) is 16.9. The van der Waals surface area contributed by atoms with Crippen LogP contribution in [-0.2, 0) is 9.53 Å². The second-order valence-electron chi connectivity index (χ2n) is 5.45. The lowest BCUT2D eigenvalue weighted by Crippen LogP contribution is -2.41. The van der Waals surface area contributed by atoms with Gasteiger partial charge in [0.15, 0.2) is 0 Å². The summed E-state index contributed by atoms with van der Waals surface area (Å²) in [5, 5.41) is 9.69. The topological polar surface area (TPSA) is 79.5 Å². The van der Waals surface area contributed by atoms with Gasteiger partial charge in [0.2, 0.25) is 5.91 Å². The Balaban J connectivity index is 1.66. The third kappa shape index (κ3) is 3.90. The van der Waals surface area contributed by atoms with Crippen molar-refractivity contribution in [3.63, 3.8) is 0 Å². The Labute approximate surface area is 138 Å². The molecular formula is C16H19FN4O3. The standard InChI is InChI=1S/C16H19FN4O3/c1-23-14-8-11(17)2-3-12(14)13-9-15(20-19-13)18-16(22)10-21-4-6-24-7-5-21/h2-3,8-9H,4-7,10H2,1H3,(H2,18,19,20,22). The fourth-order valence-electron chi connectivity index (χ4n) is 2.55. The quantitative estimate of drug-likeness (QED) is 0.866. The van der Waals surface area contributed by atoms with Crippen molar-refractivity contribution in [2.45, 2.75) is 0 Å². The van der Waals surface area contributed by atoms with Gasteiger partial charge in [0.1, 0.15) is 17.4 Å². The lowest BCUT2D eigenvalue weighted by molar-refractivity contribution is -0.118. The van der Waals surface area contributed by atoms with Gasteiger partial charge in [0, 0.05) is 30.8 Å². The summed E-state index contributed by atoms with van der Waals surface area (Å²) in [5.74, 6) is 0.352. The van der Waals surface area contributed by atoms with Gasteiger partial charge in [-0.15, -0.1) is 0 Å². The van der Waals surface area contributed by atoms with Gasteiger partial charge in [-0.05, 0) is 12.1 Å². The van der Waals surface area contributed by atoms with Crippen LogP contribution in [0.2, 0.25) is 0 Å². The SMILES string of the molecule is COc1cc(F)ccc1-c1cc(NC(=O)CN2CCOCC2)[nH]n1. The minimum Gasteiger partial charge on any atom is -0.496 e. The van der Waals surface area contributed by atoms with Crippen molar-refractivity contribution < 1.29 is 18.7 Å². The van der Waals surface area contributed by atoms with Crippen molar-refractivity contribution in [3.05, 3.63) is 30.1 Å². The number of aromatic amines is 1. The molecule has 0 aliphatic carbocycles. The molecule has 0 radical (unpaired) electrons. The van der Waals surface area contributed by atoms with Crippen LogP contribution < -0.4 is 10.1 Å². The van der Waals surface area contributed by atoms with E-state index >= 15 is 0 Å². The van der Waals surface area contributed by atoms with Crippen molar-refractivity contribution >= 4 is 11.7 Å². The number of aromatic nitrogens is 2. The van der Waals surface area contributed by atoms with Crippen molar-refractivity contribution in [1.82, 2.24) is 15.1 Å². The number of nitrogens with zero attached hydrogens (tertiary/aromatic N) is 2. The molecule has 2 heterocycles. The van der Waals surface area contributed by atoms with E-state index in [4.69, 9.17) is 9.47 Å². The molecule has 0 bridgehead atoms. The summed E-state index contributed by atoms with van der Waals surface area (Å²) in [6.45, 7) is 3.08. The molecule has 24 heavy (non-hydrogen) atoms. The Morgan fingerprint density at radius 2 is 2.21 bits per heavy atom. The Hall–Kier alpha value is -2.45. The van der Waals surface area contributed by atoms with Gasteiger partial charge in [-0.1, -0.05) is 0 Å². The van der Waals surface area contributed by atoms with Crippen molar-refractivity contribution in [2.75, 3.05) is 45.3 Å². The summed E-state index contributed by atoms with van der Waals surface area (Å²) < 4.78 is 23.7. The van der Waals surface area contributed by atoms with Crippen LogP contribution >= 0.6 is 0 Å². The zero-order valence-corrected chi connectivity index (χ0v) is 13.3. The van der Waals surface area contributed by atoms with Crippen molar-refractivity contribution in [2.24, 2.45) is 0 Å². The molecule has 3 rings (SSSR count). The summed E-state index contributed by atoms with van der Waals surface area (Å²) in [4.78, 5) is 14.1. The second kappa shape index (κ2) is 7.41. The molecule has 128 valence electrons. The van der Waals surface area contributed by atoms with Gasteiger partial charge in [0.05, 0.1) is 32.6 Å². The van der Waals surface area contributed by atoms with E-state index < -0.39 is 0 Å². The lowest BCUT2D eigenvalue weighted by Gasteiger charge is -2.25. The number of benzene rings is 1. The highest BCUT2D eigenvalue weighted by atomic mass is 19.1. The number of rotatable bonds is 5. The van der Waals surface area contributed by atoms with Crippen molar-refractivity contribution in [1.29, 1.82) is 0 Å². The highest BCUT2D eigenvalue weighted by Crippen LogP contribution is 2.30. The predicted molar refractivity (Wildman–Crippen MR) is 86.4 cm³/mol. The van der Waals surface area contributed by atoms with E-state index in [1.165, 1.54) is 19.2 Å². The molecule has 1 aromatic heterocycles. The molecule has 1 aliphatic heterocycles. The smallest absolute Gasteiger partial charge is 0.239 e. The Bertz CT molecular complexity index is 713. The summed E-state index contributed by atoms with van der Waals surface area (Å²) in [6.07, 6.45) is 0. The molecule has 7 nitrogen and oxygen atoms in total. The molecule has 1 fully saturated rings. The first-order valence-electron chi connectivity index (χ1n) is 7.65. The van der Waals surface area contributed by atoms with E-state index in [2.05, 4.69) is 15.5 Å². The Kier molecular flexibility index (Phi) is 5.07. The van der Waals surface area contributed by atoms with Crippen LogP contribution in [0.15, 0.2) is 24.3 Å². The number of ether oxygens (including phenoxy) is 2. The van der Waals surface area contributed by atoms with Gasteiger partial charge in [-0.2, -0.15) is 5.10 Å². The molecular weight excluding hydrogens is 315 g/mol. The highest BCUT2D eigenvalue weighted by molar-refractivity contribution is 5.92. The van der Waals surface area contributed by atoms with Crippen LogP contribution in [0.4, 0.5) is 10.2 Å². The first-order chi connectivity index (χ1) is 11.7. The van der Waals surface area contributed by atoms with Crippen LogP contribution in [0.3, 0.4) is 0 Å². The number of halogens is 1. The van der Waals surface area contributed by atoms with Gasteiger partial charge >= 0.3 is 0 Å².